The highest BCUT2D eigenvalue weighted by Gasteiger charge is 2.20. The number of nitrogens with two attached hydrogens (primary N) is 1. The fraction of sp³-hybridized carbons (Fsp3) is 0.368. The largest absolute Gasteiger partial charge is 0.335 e. The Balaban J connectivity index is 1.42. The molecule has 1 aromatic heterocycles. The summed E-state index contributed by atoms with van der Waals surface area (Å²) in [7, 11) is -3.80. The molecule has 2 aromatic rings. The van der Waals surface area contributed by atoms with Gasteiger partial charge in [0.1, 0.15) is 0 Å². The maximum absolute atomic E-state index is 12.2. The van der Waals surface area contributed by atoms with Crippen molar-refractivity contribution in [3.8, 4) is 0 Å². The molecule has 0 aliphatic carbocycles. The number of likely N-dealkylation sites (tertiary alicyclic amines) is 1. The predicted octanol–water partition coefficient (Wildman–Crippen LogP) is 1.56. The minimum Gasteiger partial charge on any atom is -0.335 e. The number of piperidine rings is 1. The van der Waals surface area contributed by atoms with Crippen LogP contribution < -0.4 is 15.8 Å². The van der Waals surface area contributed by atoms with Gasteiger partial charge in [-0.25, -0.2) is 18.4 Å². The average Bonchev–Trinajstić information content (AvgIpc) is 2.68. The monoisotopic (exact) mass is 403 g/mol. The third-order valence-corrected chi connectivity index (χ3v) is 5.72. The van der Waals surface area contributed by atoms with E-state index in [1.165, 1.54) is 23.8 Å². The van der Waals surface area contributed by atoms with Crippen LogP contribution in [0.2, 0.25) is 0 Å². The zero-order chi connectivity index (χ0) is 20.0. The lowest BCUT2D eigenvalue weighted by atomic mass is 10.0. The first-order valence-corrected chi connectivity index (χ1v) is 10.8. The van der Waals surface area contributed by atoms with E-state index in [1.54, 1.807) is 6.07 Å². The fourth-order valence-electron chi connectivity index (χ4n) is 3.24. The standard InChI is InChI=1S/C19H25N5O3S/c20-28(26,27)18-3-1-2-17(14-18)23-19(25)22-16-7-12-24(13-8-16)11-6-15-4-9-21-10-5-15/h1-5,9-10,14,16H,6-8,11-13H2,(H2,20,26,27)(H2,22,23,25). The van der Waals surface area contributed by atoms with Crippen LogP contribution in [0.4, 0.5) is 10.5 Å². The number of primary sulfonamides is 1. The molecule has 2 amide bonds. The predicted molar refractivity (Wildman–Crippen MR) is 107 cm³/mol. The molecule has 1 aliphatic heterocycles. The van der Waals surface area contributed by atoms with E-state index in [4.69, 9.17) is 5.14 Å². The Hall–Kier alpha value is -2.49. The van der Waals surface area contributed by atoms with Gasteiger partial charge in [-0.1, -0.05) is 6.07 Å². The highest BCUT2D eigenvalue weighted by Crippen LogP contribution is 2.15. The van der Waals surface area contributed by atoms with Gasteiger partial charge in [0.25, 0.3) is 0 Å². The lowest BCUT2D eigenvalue weighted by Crippen LogP contribution is -2.46. The third kappa shape index (κ3) is 6.01. The Morgan fingerprint density at radius 3 is 2.57 bits per heavy atom. The molecule has 8 nitrogen and oxygen atoms in total. The normalized spacial score (nSPS) is 15.9. The molecule has 1 aromatic carbocycles. The topological polar surface area (TPSA) is 117 Å². The molecular weight excluding hydrogens is 378 g/mol. The van der Waals surface area contributed by atoms with Gasteiger partial charge in [-0.3, -0.25) is 4.98 Å². The minimum absolute atomic E-state index is 0.0344. The Labute approximate surface area is 165 Å². The van der Waals surface area contributed by atoms with Crippen molar-refractivity contribution >= 4 is 21.7 Å². The Kier molecular flexibility index (Phi) is 6.61. The number of nitrogens with one attached hydrogen (secondary N) is 2. The summed E-state index contributed by atoms with van der Waals surface area (Å²) in [5.41, 5.74) is 1.66. The highest BCUT2D eigenvalue weighted by molar-refractivity contribution is 7.89. The van der Waals surface area contributed by atoms with Gasteiger partial charge in [0, 0.05) is 43.8 Å². The number of carbonyl (C=O) groups excluding carboxylic acids is 1. The quantitative estimate of drug-likeness (QED) is 0.677. The number of anilines is 1. The number of benzene rings is 1. The molecule has 1 fully saturated rings. The molecule has 0 radical (unpaired) electrons. The molecule has 0 bridgehead atoms. The summed E-state index contributed by atoms with van der Waals surface area (Å²) >= 11 is 0. The van der Waals surface area contributed by atoms with Crippen molar-refractivity contribution < 1.29 is 13.2 Å². The molecule has 0 unspecified atom stereocenters. The first-order valence-electron chi connectivity index (χ1n) is 9.22. The van der Waals surface area contributed by atoms with Crippen molar-refractivity contribution in [2.75, 3.05) is 25.0 Å². The van der Waals surface area contributed by atoms with E-state index >= 15 is 0 Å². The van der Waals surface area contributed by atoms with Crippen LogP contribution in [0.15, 0.2) is 53.7 Å². The number of aromatic nitrogens is 1. The summed E-state index contributed by atoms with van der Waals surface area (Å²) in [5, 5.41) is 10.7. The summed E-state index contributed by atoms with van der Waals surface area (Å²) < 4.78 is 22.8. The number of hydrogen-bond acceptors (Lipinski definition) is 5. The Bertz CT molecular complexity index is 897. The van der Waals surface area contributed by atoms with E-state index in [1.807, 2.05) is 24.5 Å². The summed E-state index contributed by atoms with van der Waals surface area (Å²) in [5.74, 6) is 0. The number of rotatable bonds is 6. The van der Waals surface area contributed by atoms with Crippen LogP contribution in [0.5, 0.6) is 0 Å². The number of urea groups is 1. The molecule has 1 saturated heterocycles. The zero-order valence-corrected chi connectivity index (χ0v) is 16.4. The number of nitrogens with zero attached hydrogens (tertiary/aromatic N) is 2. The molecule has 4 N–H and O–H groups in total. The van der Waals surface area contributed by atoms with E-state index in [2.05, 4.69) is 20.5 Å². The van der Waals surface area contributed by atoms with Crippen LogP contribution in [0.1, 0.15) is 18.4 Å². The number of hydrogen-bond donors (Lipinski definition) is 3. The smallest absolute Gasteiger partial charge is 0.319 e. The van der Waals surface area contributed by atoms with E-state index in [9.17, 15) is 13.2 Å². The molecule has 2 heterocycles. The van der Waals surface area contributed by atoms with Crippen LogP contribution in [0, 0.1) is 0 Å². The second-order valence-electron chi connectivity index (χ2n) is 6.89. The summed E-state index contributed by atoms with van der Waals surface area (Å²) in [6.07, 6.45) is 6.36. The second kappa shape index (κ2) is 9.13. The molecule has 0 atom stereocenters. The maximum atomic E-state index is 12.2. The Morgan fingerprint density at radius 1 is 1.18 bits per heavy atom. The van der Waals surface area contributed by atoms with Gasteiger partial charge in [0.2, 0.25) is 10.0 Å². The van der Waals surface area contributed by atoms with Crippen molar-refractivity contribution in [3.05, 3.63) is 54.4 Å². The molecule has 0 saturated carbocycles. The number of pyridine rings is 1. The molecule has 28 heavy (non-hydrogen) atoms. The summed E-state index contributed by atoms with van der Waals surface area (Å²) in [4.78, 5) is 18.6. The molecule has 1 aliphatic rings. The van der Waals surface area contributed by atoms with Gasteiger partial charge in [-0.05, 0) is 55.2 Å². The lowest BCUT2D eigenvalue weighted by molar-refractivity contribution is 0.197. The molecular formula is C19H25N5O3S. The van der Waals surface area contributed by atoms with Crippen LogP contribution in [-0.4, -0.2) is 50.0 Å². The van der Waals surface area contributed by atoms with Crippen molar-refractivity contribution in [2.45, 2.75) is 30.2 Å². The van der Waals surface area contributed by atoms with E-state index < -0.39 is 10.0 Å². The second-order valence-corrected chi connectivity index (χ2v) is 8.45. The van der Waals surface area contributed by atoms with Gasteiger partial charge >= 0.3 is 6.03 Å². The number of sulfonamides is 1. The van der Waals surface area contributed by atoms with Gasteiger partial charge in [-0.2, -0.15) is 0 Å². The van der Waals surface area contributed by atoms with Gasteiger partial charge in [-0.15, -0.1) is 0 Å². The van der Waals surface area contributed by atoms with Crippen molar-refractivity contribution in [1.29, 1.82) is 0 Å². The third-order valence-electron chi connectivity index (χ3n) is 4.81. The molecule has 150 valence electrons. The van der Waals surface area contributed by atoms with E-state index in [0.717, 1.165) is 38.9 Å². The fourth-order valence-corrected chi connectivity index (χ4v) is 3.80. The number of amides is 2. The summed E-state index contributed by atoms with van der Waals surface area (Å²) in [6.45, 7) is 2.84. The lowest BCUT2D eigenvalue weighted by Gasteiger charge is -2.32. The van der Waals surface area contributed by atoms with Crippen LogP contribution in [0.3, 0.4) is 0 Å². The van der Waals surface area contributed by atoms with Crippen LogP contribution >= 0.6 is 0 Å². The SMILES string of the molecule is NS(=O)(=O)c1cccc(NC(=O)NC2CCN(CCc3ccncc3)CC2)c1. The van der Waals surface area contributed by atoms with Crippen LogP contribution in [-0.2, 0) is 16.4 Å². The van der Waals surface area contributed by atoms with Crippen molar-refractivity contribution in [2.24, 2.45) is 5.14 Å². The highest BCUT2D eigenvalue weighted by atomic mass is 32.2. The first kappa shape index (κ1) is 20.2. The van der Waals surface area contributed by atoms with Crippen molar-refractivity contribution in [3.63, 3.8) is 0 Å². The van der Waals surface area contributed by atoms with Gasteiger partial charge in [0.15, 0.2) is 0 Å². The minimum atomic E-state index is -3.80. The van der Waals surface area contributed by atoms with Gasteiger partial charge in [0.05, 0.1) is 4.90 Å². The Morgan fingerprint density at radius 2 is 1.89 bits per heavy atom. The molecule has 9 heteroatoms. The van der Waals surface area contributed by atoms with Crippen LogP contribution in [0.25, 0.3) is 0 Å². The summed E-state index contributed by atoms with van der Waals surface area (Å²) in [6, 6.07) is 9.71. The maximum Gasteiger partial charge on any atom is 0.319 e. The number of carbonyl (C=O) groups is 1. The van der Waals surface area contributed by atoms with E-state index in [0.29, 0.717) is 5.69 Å². The average molecular weight is 404 g/mol. The molecule has 0 spiro atoms. The van der Waals surface area contributed by atoms with E-state index in [-0.39, 0.29) is 17.0 Å². The zero-order valence-electron chi connectivity index (χ0n) is 15.5. The first-order chi connectivity index (χ1) is 13.4. The van der Waals surface area contributed by atoms with Gasteiger partial charge < -0.3 is 15.5 Å². The van der Waals surface area contributed by atoms with Crippen molar-refractivity contribution in [1.82, 2.24) is 15.2 Å². The molecule has 3 rings (SSSR count).